The number of rotatable bonds is 5. The third kappa shape index (κ3) is 3.55. The van der Waals surface area contributed by atoms with E-state index in [0.717, 1.165) is 0 Å². The van der Waals surface area contributed by atoms with Crippen molar-refractivity contribution in [2.45, 2.75) is 6.42 Å². The number of aromatic amines is 1. The fourth-order valence-corrected chi connectivity index (χ4v) is 1.97. The molecule has 0 unspecified atom stereocenters. The van der Waals surface area contributed by atoms with Crippen molar-refractivity contribution in [3.63, 3.8) is 0 Å². The fraction of sp³-hybridized carbons (Fsp3) is 0.200. The van der Waals surface area contributed by atoms with Gasteiger partial charge in [-0.15, -0.1) is 0 Å². The molecule has 0 bridgehead atoms. The number of para-hydroxylation sites is 1. The van der Waals surface area contributed by atoms with Crippen LogP contribution in [0.15, 0.2) is 47.3 Å². The summed E-state index contributed by atoms with van der Waals surface area (Å²) in [7, 11) is 0. The molecular weight excluding hydrogens is 273 g/mol. The summed E-state index contributed by atoms with van der Waals surface area (Å²) in [6.07, 6.45) is 0.525. The zero-order valence-electron chi connectivity index (χ0n) is 11.4. The first-order valence-electron chi connectivity index (χ1n) is 6.59. The Bertz CT molecular complexity index is 684. The molecule has 21 heavy (non-hydrogen) atoms. The van der Waals surface area contributed by atoms with Crippen molar-refractivity contribution in [2.75, 3.05) is 18.0 Å². The first-order valence-corrected chi connectivity index (χ1v) is 6.59. The molecule has 110 valence electrons. The first kappa shape index (κ1) is 14.9. The molecular formula is C15H16FN3O2. The van der Waals surface area contributed by atoms with Crippen LogP contribution in [0.4, 0.5) is 10.1 Å². The quantitative estimate of drug-likeness (QED) is 0.875. The highest BCUT2D eigenvalue weighted by atomic mass is 19.1. The zero-order chi connectivity index (χ0) is 15.2. The van der Waals surface area contributed by atoms with Gasteiger partial charge in [-0.3, -0.25) is 9.59 Å². The molecule has 0 saturated heterocycles. The lowest BCUT2D eigenvalue weighted by Gasteiger charge is -2.23. The number of pyridine rings is 1. The Balaban J connectivity index is 2.38. The van der Waals surface area contributed by atoms with Gasteiger partial charge in [-0.25, -0.2) is 4.39 Å². The van der Waals surface area contributed by atoms with E-state index in [1.54, 1.807) is 12.1 Å². The molecule has 0 fully saturated rings. The van der Waals surface area contributed by atoms with Crippen LogP contribution in [0.25, 0.3) is 0 Å². The molecule has 1 aromatic carbocycles. The Morgan fingerprint density at radius 2 is 1.95 bits per heavy atom. The lowest BCUT2D eigenvalue weighted by Crippen LogP contribution is -2.35. The van der Waals surface area contributed by atoms with Gasteiger partial charge < -0.3 is 15.6 Å². The van der Waals surface area contributed by atoms with E-state index in [4.69, 9.17) is 5.73 Å². The number of halogens is 1. The van der Waals surface area contributed by atoms with Crippen LogP contribution >= 0.6 is 0 Å². The number of nitrogens with one attached hydrogen (secondary N) is 1. The second kappa shape index (κ2) is 6.81. The minimum absolute atomic E-state index is 0.114. The summed E-state index contributed by atoms with van der Waals surface area (Å²) >= 11 is 0. The second-order valence-corrected chi connectivity index (χ2v) is 4.48. The van der Waals surface area contributed by atoms with E-state index in [9.17, 15) is 14.0 Å². The summed E-state index contributed by atoms with van der Waals surface area (Å²) in [5.41, 5.74) is 5.37. The van der Waals surface area contributed by atoms with Crippen molar-refractivity contribution in [3.8, 4) is 0 Å². The van der Waals surface area contributed by atoms with Crippen LogP contribution in [0.5, 0.6) is 0 Å². The fourth-order valence-electron chi connectivity index (χ4n) is 1.97. The van der Waals surface area contributed by atoms with Crippen molar-refractivity contribution >= 4 is 11.6 Å². The molecule has 0 atom stereocenters. The number of carbonyl (C=O) groups is 1. The summed E-state index contributed by atoms with van der Waals surface area (Å²) in [6, 6.07) is 10.3. The molecule has 2 aromatic rings. The molecule has 1 heterocycles. The van der Waals surface area contributed by atoms with E-state index in [1.807, 2.05) is 0 Å². The van der Waals surface area contributed by atoms with E-state index in [1.165, 1.54) is 35.2 Å². The molecule has 3 N–H and O–H groups in total. The van der Waals surface area contributed by atoms with Crippen molar-refractivity contribution in [2.24, 2.45) is 5.73 Å². The van der Waals surface area contributed by atoms with E-state index in [2.05, 4.69) is 4.98 Å². The Morgan fingerprint density at radius 3 is 2.62 bits per heavy atom. The third-order valence-electron chi connectivity index (χ3n) is 2.97. The molecule has 5 nitrogen and oxygen atoms in total. The van der Waals surface area contributed by atoms with Crippen LogP contribution in [-0.2, 0) is 0 Å². The predicted octanol–water partition coefficient (Wildman–Crippen LogP) is 1.51. The van der Waals surface area contributed by atoms with Crippen LogP contribution in [0.3, 0.4) is 0 Å². The van der Waals surface area contributed by atoms with Gasteiger partial charge in [-0.1, -0.05) is 18.2 Å². The summed E-state index contributed by atoms with van der Waals surface area (Å²) in [5, 5.41) is 0. The Hall–Kier alpha value is -2.47. The van der Waals surface area contributed by atoms with Gasteiger partial charge in [0, 0.05) is 12.6 Å². The molecule has 0 radical (unpaired) electrons. The Morgan fingerprint density at radius 1 is 1.19 bits per heavy atom. The van der Waals surface area contributed by atoms with Gasteiger partial charge >= 0.3 is 0 Å². The lowest BCUT2D eigenvalue weighted by molar-refractivity contribution is 0.0981. The highest BCUT2D eigenvalue weighted by molar-refractivity contribution is 6.04. The van der Waals surface area contributed by atoms with Crippen molar-refractivity contribution in [1.82, 2.24) is 4.98 Å². The molecule has 1 amide bonds. The highest BCUT2D eigenvalue weighted by Gasteiger charge is 2.20. The van der Waals surface area contributed by atoms with E-state index < -0.39 is 11.7 Å². The summed E-state index contributed by atoms with van der Waals surface area (Å²) in [6.45, 7) is 0.650. The molecule has 0 aliphatic heterocycles. The van der Waals surface area contributed by atoms with Crippen molar-refractivity contribution in [1.29, 1.82) is 0 Å². The second-order valence-electron chi connectivity index (χ2n) is 4.48. The lowest BCUT2D eigenvalue weighted by atomic mass is 10.2. The van der Waals surface area contributed by atoms with E-state index in [0.29, 0.717) is 13.0 Å². The maximum absolute atomic E-state index is 13.9. The van der Waals surface area contributed by atoms with Crippen LogP contribution in [0, 0.1) is 5.82 Å². The number of hydrogen-bond donors (Lipinski definition) is 2. The first-order chi connectivity index (χ1) is 10.1. The van der Waals surface area contributed by atoms with Gasteiger partial charge in [0.1, 0.15) is 11.5 Å². The average molecular weight is 289 g/mol. The molecule has 0 saturated carbocycles. The average Bonchev–Trinajstić information content (AvgIpc) is 2.49. The minimum atomic E-state index is -0.499. The number of nitrogens with zero attached hydrogens (tertiary/aromatic N) is 1. The number of H-pyrrole nitrogens is 1. The van der Waals surface area contributed by atoms with Crippen LogP contribution < -0.4 is 16.2 Å². The maximum Gasteiger partial charge on any atom is 0.274 e. The van der Waals surface area contributed by atoms with Crippen LogP contribution in [-0.4, -0.2) is 24.0 Å². The summed E-state index contributed by atoms with van der Waals surface area (Å²) < 4.78 is 13.9. The van der Waals surface area contributed by atoms with Crippen LogP contribution in [0.1, 0.15) is 16.9 Å². The number of nitrogens with two attached hydrogens (primary N) is 1. The number of anilines is 1. The van der Waals surface area contributed by atoms with E-state index in [-0.39, 0.29) is 23.5 Å². The number of aromatic nitrogens is 1. The molecule has 0 spiro atoms. The molecule has 0 aliphatic carbocycles. The monoisotopic (exact) mass is 289 g/mol. The zero-order valence-corrected chi connectivity index (χ0v) is 11.4. The summed E-state index contributed by atoms with van der Waals surface area (Å²) in [4.78, 5) is 27.6. The van der Waals surface area contributed by atoms with Gasteiger partial charge in [0.25, 0.3) is 5.91 Å². The van der Waals surface area contributed by atoms with Crippen LogP contribution in [0.2, 0.25) is 0 Å². The summed E-state index contributed by atoms with van der Waals surface area (Å²) in [5.74, 6) is -0.965. The van der Waals surface area contributed by atoms with Crippen molar-refractivity contribution in [3.05, 3.63) is 64.3 Å². The molecule has 1 aromatic heterocycles. The van der Waals surface area contributed by atoms with Crippen molar-refractivity contribution < 1.29 is 9.18 Å². The molecule has 2 rings (SSSR count). The van der Waals surface area contributed by atoms with Gasteiger partial charge in [0.15, 0.2) is 0 Å². The SMILES string of the molecule is NCCCN(C(=O)c1cccc(=O)[nH]1)c1ccccc1F. The van der Waals surface area contributed by atoms with E-state index >= 15 is 0 Å². The third-order valence-corrected chi connectivity index (χ3v) is 2.97. The highest BCUT2D eigenvalue weighted by Crippen LogP contribution is 2.20. The van der Waals surface area contributed by atoms with Gasteiger partial charge in [-0.05, 0) is 31.2 Å². The van der Waals surface area contributed by atoms with Gasteiger partial charge in [-0.2, -0.15) is 0 Å². The smallest absolute Gasteiger partial charge is 0.274 e. The number of carbonyl (C=O) groups excluding carboxylic acids is 1. The normalized spacial score (nSPS) is 10.4. The topological polar surface area (TPSA) is 79.2 Å². The van der Waals surface area contributed by atoms with Gasteiger partial charge in [0.2, 0.25) is 5.56 Å². The number of hydrogen-bond acceptors (Lipinski definition) is 3. The molecule has 0 aliphatic rings. The molecule has 6 heteroatoms. The minimum Gasteiger partial charge on any atom is -0.330 e. The Labute approximate surface area is 121 Å². The maximum atomic E-state index is 13.9. The number of benzene rings is 1. The predicted molar refractivity (Wildman–Crippen MR) is 78.8 cm³/mol. The van der Waals surface area contributed by atoms with Gasteiger partial charge in [0.05, 0.1) is 5.69 Å². The standard InChI is InChI=1S/C15H16FN3O2/c16-11-5-1-2-7-13(11)19(10-4-9-17)15(21)12-6-3-8-14(20)18-12/h1-3,5-8H,4,9-10,17H2,(H,18,20). The Kier molecular flexibility index (Phi) is 4.84. The largest absolute Gasteiger partial charge is 0.330 e. The number of amides is 1.